The van der Waals surface area contributed by atoms with Crippen molar-refractivity contribution in [3.8, 4) is 5.75 Å². The summed E-state index contributed by atoms with van der Waals surface area (Å²) < 4.78 is 5.38. The molecule has 1 N–H and O–H groups in total. The zero-order chi connectivity index (χ0) is 14.8. The molecule has 2 aromatic rings. The Labute approximate surface area is 123 Å². The number of anilines is 1. The highest BCUT2D eigenvalue weighted by atomic mass is 16.5. The first-order chi connectivity index (χ1) is 10.2. The van der Waals surface area contributed by atoms with Crippen molar-refractivity contribution in [1.29, 1.82) is 0 Å². The van der Waals surface area contributed by atoms with Gasteiger partial charge < -0.3 is 14.7 Å². The van der Waals surface area contributed by atoms with Gasteiger partial charge in [0.2, 0.25) is 0 Å². The highest BCUT2D eigenvalue weighted by Crippen LogP contribution is 2.32. The Morgan fingerprint density at radius 3 is 2.86 bits per heavy atom. The van der Waals surface area contributed by atoms with Crippen molar-refractivity contribution in [3.63, 3.8) is 0 Å². The van der Waals surface area contributed by atoms with Crippen molar-refractivity contribution in [3.05, 3.63) is 59.2 Å². The van der Waals surface area contributed by atoms with Crippen LogP contribution in [0.15, 0.2) is 42.5 Å². The van der Waals surface area contributed by atoms with Gasteiger partial charge in [0.15, 0.2) is 0 Å². The minimum atomic E-state index is -0.887. The van der Waals surface area contributed by atoms with Crippen LogP contribution in [0.25, 0.3) is 0 Å². The second-order valence-electron chi connectivity index (χ2n) is 5.13. The highest BCUT2D eigenvalue weighted by molar-refractivity contribution is 5.89. The number of carboxylic acids is 1. The van der Waals surface area contributed by atoms with E-state index >= 15 is 0 Å². The van der Waals surface area contributed by atoms with E-state index < -0.39 is 5.97 Å². The standard InChI is InChI=1S/C17H17NO3/c1-21-16-5-3-2-4-14(16)11-18-9-8-12-6-7-13(17(19)20)10-15(12)18/h2-7,10H,8-9,11H2,1H3,(H,19,20). The number of aromatic carboxylic acids is 1. The lowest BCUT2D eigenvalue weighted by Crippen LogP contribution is -2.20. The molecule has 1 aliphatic rings. The minimum absolute atomic E-state index is 0.334. The average molecular weight is 283 g/mol. The summed E-state index contributed by atoms with van der Waals surface area (Å²) in [6, 6.07) is 13.3. The molecule has 1 aliphatic heterocycles. The van der Waals surface area contributed by atoms with E-state index in [1.165, 1.54) is 5.56 Å². The van der Waals surface area contributed by atoms with E-state index in [0.717, 1.165) is 36.5 Å². The van der Waals surface area contributed by atoms with Crippen molar-refractivity contribution in [2.45, 2.75) is 13.0 Å². The summed E-state index contributed by atoms with van der Waals surface area (Å²) in [5.41, 5.74) is 3.66. The normalized spacial score (nSPS) is 13.1. The van der Waals surface area contributed by atoms with Gasteiger partial charge in [-0.3, -0.25) is 0 Å². The molecule has 4 nitrogen and oxygen atoms in total. The van der Waals surface area contributed by atoms with E-state index in [4.69, 9.17) is 9.84 Å². The minimum Gasteiger partial charge on any atom is -0.496 e. The fourth-order valence-corrected chi connectivity index (χ4v) is 2.78. The molecule has 4 heteroatoms. The molecule has 1 heterocycles. The van der Waals surface area contributed by atoms with Gasteiger partial charge in [-0.25, -0.2) is 4.79 Å². The predicted molar refractivity (Wildman–Crippen MR) is 81.1 cm³/mol. The largest absolute Gasteiger partial charge is 0.496 e. The lowest BCUT2D eigenvalue weighted by atomic mass is 10.1. The highest BCUT2D eigenvalue weighted by Gasteiger charge is 2.21. The number of carbonyl (C=O) groups is 1. The summed E-state index contributed by atoms with van der Waals surface area (Å²) in [7, 11) is 1.67. The number of carboxylic acid groups (broad SMARTS) is 1. The van der Waals surface area contributed by atoms with Crippen LogP contribution < -0.4 is 9.64 Å². The van der Waals surface area contributed by atoms with Gasteiger partial charge in [-0.1, -0.05) is 24.3 Å². The third-order valence-corrected chi connectivity index (χ3v) is 3.88. The molecule has 0 amide bonds. The molecule has 0 saturated heterocycles. The summed E-state index contributed by atoms with van der Waals surface area (Å²) in [5, 5.41) is 9.14. The van der Waals surface area contributed by atoms with Gasteiger partial charge in [-0.2, -0.15) is 0 Å². The van der Waals surface area contributed by atoms with Crippen LogP contribution in [0.1, 0.15) is 21.5 Å². The number of hydrogen-bond acceptors (Lipinski definition) is 3. The van der Waals surface area contributed by atoms with Gasteiger partial charge >= 0.3 is 5.97 Å². The Balaban J connectivity index is 1.90. The second-order valence-corrected chi connectivity index (χ2v) is 5.13. The molecule has 3 rings (SSSR count). The van der Waals surface area contributed by atoms with Gasteiger partial charge in [-0.05, 0) is 30.2 Å². The molecule has 2 aromatic carbocycles. The molecule has 0 saturated carbocycles. The number of hydrogen-bond donors (Lipinski definition) is 1. The van der Waals surface area contributed by atoms with Crippen LogP contribution in [0.3, 0.4) is 0 Å². The maximum atomic E-state index is 11.1. The van der Waals surface area contributed by atoms with E-state index in [2.05, 4.69) is 4.90 Å². The SMILES string of the molecule is COc1ccccc1CN1CCc2ccc(C(=O)O)cc21. The zero-order valence-corrected chi connectivity index (χ0v) is 11.9. The van der Waals surface area contributed by atoms with Crippen LogP contribution in [0.4, 0.5) is 5.69 Å². The van der Waals surface area contributed by atoms with Crippen molar-refractivity contribution in [2.24, 2.45) is 0 Å². The first-order valence-corrected chi connectivity index (χ1v) is 6.92. The lowest BCUT2D eigenvalue weighted by molar-refractivity contribution is 0.0697. The third-order valence-electron chi connectivity index (χ3n) is 3.88. The summed E-state index contributed by atoms with van der Waals surface area (Å²) in [4.78, 5) is 13.3. The van der Waals surface area contributed by atoms with Gasteiger partial charge in [0.25, 0.3) is 0 Å². The van der Waals surface area contributed by atoms with Gasteiger partial charge in [-0.15, -0.1) is 0 Å². The second kappa shape index (κ2) is 5.48. The maximum Gasteiger partial charge on any atom is 0.335 e. The molecule has 0 unspecified atom stereocenters. The summed E-state index contributed by atoms with van der Waals surface area (Å²) in [6.07, 6.45) is 0.949. The molecular weight excluding hydrogens is 266 g/mol. The first-order valence-electron chi connectivity index (χ1n) is 6.92. The molecule has 108 valence electrons. The van der Waals surface area contributed by atoms with Crippen LogP contribution in [0.5, 0.6) is 5.75 Å². The van der Waals surface area contributed by atoms with E-state index in [0.29, 0.717) is 5.56 Å². The van der Waals surface area contributed by atoms with Crippen molar-refractivity contribution < 1.29 is 14.6 Å². The van der Waals surface area contributed by atoms with Gasteiger partial charge in [0.1, 0.15) is 5.75 Å². The topological polar surface area (TPSA) is 49.8 Å². The molecule has 0 spiro atoms. The molecule has 21 heavy (non-hydrogen) atoms. The Morgan fingerprint density at radius 1 is 1.29 bits per heavy atom. The molecule has 0 radical (unpaired) electrons. The fraction of sp³-hybridized carbons (Fsp3) is 0.235. The number of para-hydroxylation sites is 1. The lowest BCUT2D eigenvalue weighted by Gasteiger charge is -2.21. The van der Waals surface area contributed by atoms with Crippen LogP contribution in [0, 0.1) is 0 Å². The Kier molecular flexibility index (Phi) is 3.52. The van der Waals surface area contributed by atoms with E-state index in [1.807, 2.05) is 30.3 Å². The van der Waals surface area contributed by atoms with Gasteiger partial charge in [0, 0.05) is 24.3 Å². The van der Waals surface area contributed by atoms with E-state index in [9.17, 15) is 4.79 Å². The quantitative estimate of drug-likeness (QED) is 0.937. The Hall–Kier alpha value is -2.49. The summed E-state index contributed by atoms with van der Waals surface area (Å²) >= 11 is 0. The smallest absolute Gasteiger partial charge is 0.335 e. The fourth-order valence-electron chi connectivity index (χ4n) is 2.78. The average Bonchev–Trinajstić information content (AvgIpc) is 2.90. The molecule has 0 fully saturated rings. The Bertz CT molecular complexity index is 681. The van der Waals surface area contributed by atoms with Crippen LogP contribution in [-0.2, 0) is 13.0 Å². The summed E-state index contributed by atoms with van der Waals surface area (Å²) in [5.74, 6) is -0.0257. The zero-order valence-electron chi connectivity index (χ0n) is 11.9. The monoisotopic (exact) mass is 283 g/mol. The maximum absolute atomic E-state index is 11.1. The number of nitrogens with zero attached hydrogens (tertiary/aromatic N) is 1. The Morgan fingerprint density at radius 2 is 2.10 bits per heavy atom. The predicted octanol–water partition coefficient (Wildman–Crippen LogP) is 2.96. The molecular formula is C17H17NO3. The number of fused-ring (bicyclic) bond motifs is 1. The molecule has 0 aromatic heterocycles. The van der Waals surface area contributed by atoms with Gasteiger partial charge in [0.05, 0.1) is 12.7 Å². The molecule has 0 aliphatic carbocycles. The van der Waals surface area contributed by atoms with Crippen LogP contribution in [-0.4, -0.2) is 24.7 Å². The number of benzene rings is 2. The van der Waals surface area contributed by atoms with Crippen molar-refractivity contribution >= 4 is 11.7 Å². The van der Waals surface area contributed by atoms with E-state index in [1.54, 1.807) is 19.2 Å². The number of methoxy groups -OCH3 is 1. The number of rotatable bonds is 4. The first kappa shape index (κ1) is 13.5. The third kappa shape index (κ3) is 2.57. The van der Waals surface area contributed by atoms with Crippen LogP contribution >= 0.6 is 0 Å². The van der Waals surface area contributed by atoms with E-state index in [-0.39, 0.29) is 0 Å². The summed E-state index contributed by atoms with van der Waals surface area (Å²) in [6.45, 7) is 1.62. The van der Waals surface area contributed by atoms with Crippen LogP contribution in [0.2, 0.25) is 0 Å². The molecule has 0 atom stereocenters. The molecule has 0 bridgehead atoms. The van der Waals surface area contributed by atoms with Crippen molar-refractivity contribution in [1.82, 2.24) is 0 Å². The number of ether oxygens (including phenoxy) is 1. The van der Waals surface area contributed by atoms with Crippen molar-refractivity contribution in [2.75, 3.05) is 18.6 Å².